The number of carboxylic acid groups (broad SMARTS) is 1. The second-order valence-corrected chi connectivity index (χ2v) is 11.4. The number of nitrogens with one attached hydrogen (secondary N) is 1. The average Bonchev–Trinajstić information content (AvgIpc) is 3.00. The highest BCUT2D eigenvalue weighted by atomic mass is 19.3. The van der Waals surface area contributed by atoms with Gasteiger partial charge in [-0.25, -0.2) is 23.5 Å². The van der Waals surface area contributed by atoms with Crippen molar-refractivity contribution in [2.24, 2.45) is 11.8 Å². The van der Waals surface area contributed by atoms with Crippen molar-refractivity contribution in [2.45, 2.75) is 32.1 Å². The lowest BCUT2D eigenvalue weighted by molar-refractivity contribution is 0.0676. The van der Waals surface area contributed by atoms with E-state index in [9.17, 15) is 23.5 Å². The quantitative estimate of drug-likeness (QED) is 0.374. The fourth-order valence-corrected chi connectivity index (χ4v) is 5.93. The maximum absolute atomic E-state index is 13.5. The van der Waals surface area contributed by atoms with Gasteiger partial charge in [0.25, 0.3) is 12.3 Å². The number of piperazine rings is 1. The molecule has 1 aliphatic carbocycles. The summed E-state index contributed by atoms with van der Waals surface area (Å²) in [6, 6.07) is 13.4. The van der Waals surface area contributed by atoms with Gasteiger partial charge in [0.05, 0.1) is 23.3 Å². The van der Waals surface area contributed by atoms with E-state index in [1.165, 1.54) is 0 Å². The van der Waals surface area contributed by atoms with E-state index in [4.69, 9.17) is 9.97 Å². The van der Waals surface area contributed by atoms with E-state index in [0.717, 1.165) is 79.0 Å². The van der Waals surface area contributed by atoms with Gasteiger partial charge in [-0.05, 0) is 68.8 Å². The molecule has 2 aromatic heterocycles. The van der Waals surface area contributed by atoms with Crippen LogP contribution in [0, 0.1) is 11.8 Å². The lowest BCUT2D eigenvalue weighted by atomic mass is 9.81. The third kappa shape index (κ3) is 7.31. The van der Waals surface area contributed by atoms with Crippen molar-refractivity contribution in [2.75, 3.05) is 57.8 Å². The number of alkyl halides is 2. The Balaban J connectivity index is 1.22. The number of hydrogen-bond donors (Lipinski definition) is 2. The predicted octanol–water partition coefficient (Wildman–Crippen LogP) is 4.83. The maximum atomic E-state index is 13.5. The van der Waals surface area contributed by atoms with Crippen LogP contribution < -0.4 is 10.2 Å². The summed E-state index contributed by atoms with van der Waals surface area (Å²) in [4.78, 5) is 39.7. The number of benzene rings is 1. The fraction of sp³-hybridized carbons (Fsp3) is 0.484. The molecular formula is C31H38F2N6O3. The average molecular weight is 581 g/mol. The Morgan fingerprint density at radius 3 is 2.43 bits per heavy atom. The zero-order valence-electron chi connectivity index (χ0n) is 23.9. The van der Waals surface area contributed by atoms with Crippen LogP contribution in [0.3, 0.4) is 0 Å². The van der Waals surface area contributed by atoms with Gasteiger partial charge in [-0.3, -0.25) is 4.79 Å². The number of para-hydroxylation sites is 1. The van der Waals surface area contributed by atoms with Crippen LogP contribution >= 0.6 is 0 Å². The highest BCUT2D eigenvalue weighted by molar-refractivity contribution is 6.07. The van der Waals surface area contributed by atoms with Crippen LogP contribution in [0.5, 0.6) is 0 Å². The Morgan fingerprint density at radius 2 is 1.76 bits per heavy atom. The molecule has 224 valence electrons. The number of carbonyl (C=O) groups is 2. The van der Waals surface area contributed by atoms with Crippen molar-refractivity contribution in [1.82, 2.24) is 25.1 Å². The number of halogens is 2. The molecule has 9 nitrogen and oxygen atoms in total. The van der Waals surface area contributed by atoms with Gasteiger partial charge in [0.2, 0.25) is 0 Å². The normalized spacial score (nSPS) is 19.7. The Kier molecular flexibility index (Phi) is 9.46. The van der Waals surface area contributed by atoms with Crippen molar-refractivity contribution in [3.63, 3.8) is 0 Å². The number of amides is 2. The van der Waals surface area contributed by atoms with Crippen LogP contribution in [-0.4, -0.2) is 96.2 Å². The van der Waals surface area contributed by atoms with Crippen molar-refractivity contribution in [3.8, 4) is 11.3 Å². The molecule has 3 heterocycles. The van der Waals surface area contributed by atoms with Gasteiger partial charge in [0.15, 0.2) is 0 Å². The molecule has 5 rings (SSSR count). The number of carbonyl (C=O) groups excluding carboxylic acids is 1. The number of aromatic nitrogens is 2. The van der Waals surface area contributed by atoms with Gasteiger partial charge in [0, 0.05) is 56.4 Å². The molecule has 1 saturated heterocycles. The first-order valence-corrected chi connectivity index (χ1v) is 14.6. The number of fused-ring (bicyclic) bond motifs is 1. The zero-order valence-corrected chi connectivity index (χ0v) is 23.9. The molecule has 3 aromatic rings. The number of rotatable bonds is 9. The molecule has 0 atom stereocenters. The van der Waals surface area contributed by atoms with Gasteiger partial charge in [-0.2, -0.15) is 0 Å². The van der Waals surface area contributed by atoms with E-state index < -0.39 is 19.1 Å². The Morgan fingerprint density at radius 1 is 1.05 bits per heavy atom. The van der Waals surface area contributed by atoms with E-state index in [2.05, 4.69) is 22.2 Å². The number of pyridine rings is 2. The molecule has 1 aromatic carbocycles. The van der Waals surface area contributed by atoms with E-state index in [1.807, 2.05) is 48.7 Å². The minimum absolute atomic E-state index is 0.0507. The number of nitrogens with zero attached hydrogens (tertiary/aromatic N) is 5. The summed E-state index contributed by atoms with van der Waals surface area (Å²) in [7, 11) is 2.12. The molecule has 0 bridgehead atoms. The van der Waals surface area contributed by atoms with Gasteiger partial charge in [-0.15, -0.1) is 0 Å². The molecule has 0 radical (unpaired) electrons. The Hall–Kier alpha value is -3.86. The molecular weight excluding hydrogens is 542 g/mol. The molecule has 2 amide bonds. The Labute approximate surface area is 244 Å². The number of likely N-dealkylation sites (N-methyl/N-ethyl adjacent to an activating group) is 1. The van der Waals surface area contributed by atoms with E-state index in [1.54, 1.807) is 0 Å². The van der Waals surface area contributed by atoms with Crippen LogP contribution in [0.1, 0.15) is 36.0 Å². The summed E-state index contributed by atoms with van der Waals surface area (Å²) in [5.41, 5.74) is 2.81. The number of anilines is 1. The van der Waals surface area contributed by atoms with Crippen LogP contribution in [0.25, 0.3) is 22.2 Å². The molecule has 2 aliphatic rings. The second kappa shape index (κ2) is 13.4. The standard InChI is InChI=1S/C31H38F2N6O3/c1-37-12-14-38(15-13-37)29-11-10-23(18-34-29)27-16-25(24-4-2-3-5-26(24)36-27)30(40)35-17-21-6-8-22(9-7-21)19-39(31(41)42)20-28(32)33/h2-5,10-11,16,18,21-22,28H,6-9,12-15,17,19-20H2,1H3,(H,35,40)(H,41,42). The minimum Gasteiger partial charge on any atom is -0.465 e. The van der Waals surface area contributed by atoms with Gasteiger partial charge >= 0.3 is 6.09 Å². The maximum Gasteiger partial charge on any atom is 0.407 e. The summed E-state index contributed by atoms with van der Waals surface area (Å²) in [5.74, 6) is 1.06. The SMILES string of the molecule is CN1CCN(c2ccc(-c3cc(C(=O)NCC4CCC(CN(CC(F)F)C(=O)O)CC4)c4ccccc4n3)cn2)CC1. The fourth-order valence-electron chi connectivity index (χ4n) is 5.93. The van der Waals surface area contributed by atoms with Crippen molar-refractivity contribution < 1.29 is 23.5 Å². The highest BCUT2D eigenvalue weighted by Gasteiger charge is 2.27. The van der Waals surface area contributed by atoms with Crippen LogP contribution in [0.15, 0.2) is 48.7 Å². The third-order valence-electron chi connectivity index (χ3n) is 8.46. The predicted molar refractivity (Wildman–Crippen MR) is 158 cm³/mol. The second-order valence-electron chi connectivity index (χ2n) is 11.4. The summed E-state index contributed by atoms with van der Waals surface area (Å²) >= 11 is 0. The Bertz CT molecular complexity index is 1370. The number of hydrogen-bond acceptors (Lipinski definition) is 6. The lowest BCUT2D eigenvalue weighted by Crippen LogP contribution is -2.44. The minimum atomic E-state index is -2.69. The first-order chi connectivity index (χ1) is 20.3. The van der Waals surface area contributed by atoms with E-state index in [0.29, 0.717) is 17.8 Å². The molecule has 11 heteroatoms. The van der Waals surface area contributed by atoms with Gasteiger partial charge in [-0.1, -0.05) is 18.2 Å². The molecule has 0 unspecified atom stereocenters. The van der Waals surface area contributed by atoms with Crippen molar-refractivity contribution >= 4 is 28.7 Å². The smallest absolute Gasteiger partial charge is 0.407 e. The van der Waals surface area contributed by atoms with E-state index >= 15 is 0 Å². The first-order valence-electron chi connectivity index (χ1n) is 14.6. The first kappa shape index (κ1) is 29.6. The van der Waals surface area contributed by atoms with Crippen LogP contribution in [0.2, 0.25) is 0 Å². The van der Waals surface area contributed by atoms with Gasteiger partial charge in [0.1, 0.15) is 5.82 Å². The van der Waals surface area contributed by atoms with Gasteiger partial charge < -0.3 is 25.1 Å². The van der Waals surface area contributed by atoms with Crippen molar-refractivity contribution in [3.05, 3.63) is 54.2 Å². The summed E-state index contributed by atoms with van der Waals surface area (Å²) in [6.07, 6.45) is 0.921. The molecule has 2 fully saturated rings. The topological polar surface area (TPSA) is 102 Å². The summed E-state index contributed by atoms with van der Waals surface area (Å²) < 4.78 is 25.5. The summed E-state index contributed by atoms with van der Waals surface area (Å²) in [6.45, 7) is 3.73. The monoisotopic (exact) mass is 580 g/mol. The third-order valence-corrected chi connectivity index (χ3v) is 8.46. The molecule has 1 aliphatic heterocycles. The molecule has 42 heavy (non-hydrogen) atoms. The molecule has 2 N–H and O–H groups in total. The largest absolute Gasteiger partial charge is 0.465 e. The van der Waals surface area contributed by atoms with E-state index in [-0.39, 0.29) is 24.3 Å². The molecule has 1 saturated carbocycles. The molecule has 0 spiro atoms. The highest BCUT2D eigenvalue weighted by Crippen LogP contribution is 2.30. The lowest BCUT2D eigenvalue weighted by Gasteiger charge is -2.33. The van der Waals surface area contributed by atoms with Crippen LogP contribution in [0.4, 0.5) is 19.4 Å². The van der Waals surface area contributed by atoms with Crippen LogP contribution in [-0.2, 0) is 0 Å². The summed E-state index contributed by atoms with van der Waals surface area (Å²) in [5, 5.41) is 13.1. The van der Waals surface area contributed by atoms with Crippen molar-refractivity contribution in [1.29, 1.82) is 0 Å². The zero-order chi connectivity index (χ0) is 29.6.